The van der Waals surface area contributed by atoms with E-state index in [2.05, 4.69) is 46.1 Å². The Morgan fingerprint density at radius 2 is 2.21 bits per heavy atom. The number of amides is 1. The van der Waals surface area contributed by atoms with E-state index in [0.29, 0.717) is 18.9 Å². The standard InChI is InChI=1S/C17H24N4O2S/c1-4-9-21-16(14-7-5-6-13(2)11-14)19-20-17(21)24-12-15(22)18-8-10-23-3/h5-7,11H,4,8-10,12H2,1-3H3,(H,18,22). The molecule has 0 unspecified atom stereocenters. The van der Waals surface area contributed by atoms with E-state index in [4.69, 9.17) is 4.74 Å². The average molecular weight is 348 g/mol. The van der Waals surface area contributed by atoms with E-state index in [9.17, 15) is 4.79 Å². The van der Waals surface area contributed by atoms with Crippen LogP contribution in [0.5, 0.6) is 0 Å². The summed E-state index contributed by atoms with van der Waals surface area (Å²) in [5.74, 6) is 1.14. The van der Waals surface area contributed by atoms with Crippen LogP contribution in [0.15, 0.2) is 29.4 Å². The maximum absolute atomic E-state index is 11.8. The van der Waals surface area contributed by atoms with Crippen LogP contribution in [-0.2, 0) is 16.1 Å². The summed E-state index contributed by atoms with van der Waals surface area (Å²) in [7, 11) is 1.61. The van der Waals surface area contributed by atoms with Gasteiger partial charge in [-0.15, -0.1) is 10.2 Å². The molecule has 130 valence electrons. The SMILES string of the molecule is CCCn1c(SCC(=O)NCCOC)nnc1-c1cccc(C)c1. The highest BCUT2D eigenvalue weighted by molar-refractivity contribution is 7.99. The average Bonchev–Trinajstić information content (AvgIpc) is 2.96. The van der Waals surface area contributed by atoms with E-state index >= 15 is 0 Å². The number of aromatic nitrogens is 3. The monoisotopic (exact) mass is 348 g/mol. The molecule has 0 aliphatic carbocycles. The van der Waals surface area contributed by atoms with E-state index in [0.717, 1.165) is 29.5 Å². The van der Waals surface area contributed by atoms with Crippen molar-refractivity contribution in [2.75, 3.05) is 26.0 Å². The van der Waals surface area contributed by atoms with Crippen LogP contribution in [0.4, 0.5) is 0 Å². The second kappa shape index (κ2) is 9.44. The highest BCUT2D eigenvalue weighted by Crippen LogP contribution is 2.24. The summed E-state index contributed by atoms with van der Waals surface area (Å²) in [6.07, 6.45) is 0.977. The first kappa shape index (κ1) is 18.5. The Morgan fingerprint density at radius 3 is 2.92 bits per heavy atom. The number of nitrogens with zero attached hydrogens (tertiary/aromatic N) is 3. The third kappa shape index (κ3) is 5.07. The molecule has 1 heterocycles. The molecular formula is C17H24N4O2S. The molecule has 0 aliphatic heterocycles. The number of nitrogens with one attached hydrogen (secondary N) is 1. The molecule has 6 nitrogen and oxygen atoms in total. The largest absolute Gasteiger partial charge is 0.383 e. The number of thioether (sulfide) groups is 1. The van der Waals surface area contributed by atoms with Crippen molar-refractivity contribution in [2.45, 2.75) is 32.0 Å². The molecule has 1 aromatic heterocycles. The summed E-state index contributed by atoms with van der Waals surface area (Å²) >= 11 is 1.41. The fraction of sp³-hybridized carbons (Fsp3) is 0.471. The van der Waals surface area contributed by atoms with Crippen LogP contribution in [-0.4, -0.2) is 46.7 Å². The third-order valence-corrected chi connectivity index (χ3v) is 4.37. The van der Waals surface area contributed by atoms with Gasteiger partial charge in [-0.3, -0.25) is 4.79 Å². The second-order valence-electron chi connectivity index (χ2n) is 5.46. The number of ether oxygens (including phenoxy) is 1. The predicted octanol–water partition coefficient (Wildman–Crippen LogP) is 2.52. The molecule has 1 aromatic carbocycles. The minimum Gasteiger partial charge on any atom is -0.383 e. The Labute approximate surface area is 147 Å². The van der Waals surface area contributed by atoms with Gasteiger partial charge in [-0.1, -0.05) is 42.4 Å². The molecule has 0 saturated heterocycles. The first-order valence-corrected chi connectivity index (χ1v) is 9.03. The topological polar surface area (TPSA) is 69.0 Å². The Morgan fingerprint density at radius 1 is 1.38 bits per heavy atom. The number of benzene rings is 1. The van der Waals surface area contributed by atoms with E-state index < -0.39 is 0 Å². The normalized spacial score (nSPS) is 10.8. The molecule has 0 atom stereocenters. The lowest BCUT2D eigenvalue weighted by Gasteiger charge is -2.09. The van der Waals surface area contributed by atoms with Crippen molar-refractivity contribution in [3.05, 3.63) is 29.8 Å². The second-order valence-corrected chi connectivity index (χ2v) is 6.40. The predicted molar refractivity (Wildman–Crippen MR) is 96.1 cm³/mol. The van der Waals surface area contributed by atoms with Crippen molar-refractivity contribution in [3.63, 3.8) is 0 Å². The molecule has 2 rings (SSSR count). The van der Waals surface area contributed by atoms with Crippen LogP contribution in [0.2, 0.25) is 0 Å². The number of rotatable bonds is 9. The first-order chi connectivity index (χ1) is 11.7. The van der Waals surface area contributed by atoms with Gasteiger partial charge in [-0.2, -0.15) is 0 Å². The zero-order chi connectivity index (χ0) is 17.4. The van der Waals surface area contributed by atoms with Gasteiger partial charge in [0.1, 0.15) is 0 Å². The molecule has 0 radical (unpaired) electrons. The molecule has 1 N–H and O–H groups in total. The van der Waals surface area contributed by atoms with Crippen LogP contribution in [0.3, 0.4) is 0 Å². The molecule has 0 bridgehead atoms. The zero-order valence-electron chi connectivity index (χ0n) is 14.4. The van der Waals surface area contributed by atoms with Crippen LogP contribution >= 0.6 is 11.8 Å². The van der Waals surface area contributed by atoms with Gasteiger partial charge in [-0.05, 0) is 19.4 Å². The van der Waals surface area contributed by atoms with Gasteiger partial charge in [-0.25, -0.2) is 0 Å². The van der Waals surface area contributed by atoms with Crippen molar-refractivity contribution in [2.24, 2.45) is 0 Å². The van der Waals surface area contributed by atoms with Crippen LogP contribution < -0.4 is 5.32 Å². The molecule has 24 heavy (non-hydrogen) atoms. The maximum Gasteiger partial charge on any atom is 0.230 e. The molecule has 1 amide bonds. The Hall–Kier alpha value is -1.86. The lowest BCUT2D eigenvalue weighted by atomic mass is 10.1. The summed E-state index contributed by atoms with van der Waals surface area (Å²) in [6, 6.07) is 8.22. The van der Waals surface area contributed by atoms with E-state index in [1.54, 1.807) is 7.11 Å². The van der Waals surface area contributed by atoms with Crippen molar-refractivity contribution in [1.29, 1.82) is 0 Å². The number of carbonyl (C=O) groups excluding carboxylic acids is 1. The Balaban J connectivity index is 2.09. The molecule has 2 aromatic rings. The van der Waals surface area contributed by atoms with Crippen LogP contribution in [0, 0.1) is 6.92 Å². The van der Waals surface area contributed by atoms with Crippen molar-refractivity contribution >= 4 is 17.7 Å². The van der Waals surface area contributed by atoms with Gasteiger partial charge >= 0.3 is 0 Å². The summed E-state index contributed by atoms with van der Waals surface area (Å²) in [5, 5.41) is 12.2. The quantitative estimate of drug-likeness (QED) is 0.557. The summed E-state index contributed by atoms with van der Waals surface area (Å²) in [4.78, 5) is 11.8. The Kier molecular flexibility index (Phi) is 7.27. The fourth-order valence-electron chi connectivity index (χ4n) is 2.29. The molecule has 0 aliphatic rings. The van der Waals surface area contributed by atoms with Gasteiger partial charge in [0.25, 0.3) is 0 Å². The third-order valence-electron chi connectivity index (χ3n) is 3.40. The van der Waals surface area contributed by atoms with Crippen LogP contribution in [0.1, 0.15) is 18.9 Å². The molecule has 0 fully saturated rings. The summed E-state index contributed by atoms with van der Waals surface area (Å²) in [6.45, 7) is 6.03. The minimum atomic E-state index is -0.0276. The molecule has 7 heteroatoms. The van der Waals surface area contributed by atoms with Gasteiger partial charge in [0.2, 0.25) is 5.91 Å². The number of carbonyl (C=O) groups is 1. The van der Waals surface area contributed by atoms with E-state index in [-0.39, 0.29) is 5.91 Å². The minimum absolute atomic E-state index is 0.0276. The smallest absolute Gasteiger partial charge is 0.230 e. The Bertz CT molecular complexity index is 672. The van der Waals surface area contributed by atoms with Crippen molar-refractivity contribution < 1.29 is 9.53 Å². The van der Waals surface area contributed by atoms with Gasteiger partial charge in [0.05, 0.1) is 12.4 Å². The van der Waals surface area contributed by atoms with Crippen molar-refractivity contribution in [3.8, 4) is 11.4 Å². The lowest BCUT2D eigenvalue weighted by molar-refractivity contribution is -0.118. The maximum atomic E-state index is 11.8. The van der Waals surface area contributed by atoms with Gasteiger partial charge in [0.15, 0.2) is 11.0 Å². The van der Waals surface area contributed by atoms with Gasteiger partial charge in [0, 0.05) is 25.8 Å². The summed E-state index contributed by atoms with van der Waals surface area (Å²) < 4.78 is 7.01. The fourth-order valence-corrected chi connectivity index (χ4v) is 3.09. The van der Waals surface area contributed by atoms with Gasteiger partial charge < -0.3 is 14.6 Å². The number of hydrogen-bond acceptors (Lipinski definition) is 5. The van der Waals surface area contributed by atoms with Crippen molar-refractivity contribution in [1.82, 2.24) is 20.1 Å². The number of methoxy groups -OCH3 is 1. The molecule has 0 spiro atoms. The molecular weight excluding hydrogens is 324 g/mol. The number of hydrogen-bond donors (Lipinski definition) is 1. The first-order valence-electron chi connectivity index (χ1n) is 8.04. The summed E-state index contributed by atoms with van der Waals surface area (Å²) in [5.41, 5.74) is 2.23. The highest BCUT2D eigenvalue weighted by atomic mass is 32.2. The highest BCUT2D eigenvalue weighted by Gasteiger charge is 2.15. The lowest BCUT2D eigenvalue weighted by Crippen LogP contribution is -2.28. The number of aryl methyl sites for hydroxylation is 1. The zero-order valence-corrected chi connectivity index (χ0v) is 15.2. The molecule has 0 saturated carbocycles. The van der Waals surface area contributed by atoms with E-state index in [1.807, 2.05) is 12.1 Å². The van der Waals surface area contributed by atoms with E-state index in [1.165, 1.54) is 17.3 Å². The van der Waals surface area contributed by atoms with Crippen LogP contribution in [0.25, 0.3) is 11.4 Å².